The van der Waals surface area contributed by atoms with E-state index in [9.17, 15) is 4.55 Å². The van der Waals surface area contributed by atoms with Gasteiger partial charge in [0.25, 0.3) is 0 Å². The van der Waals surface area contributed by atoms with E-state index in [1.165, 1.54) is 16.8 Å². The van der Waals surface area contributed by atoms with Crippen LogP contribution in [0.25, 0.3) is 6.08 Å². The Morgan fingerprint density at radius 2 is 1.68 bits per heavy atom. The first kappa shape index (κ1) is 18.7. The molecule has 1 unspecified atom stereocenters. The number of nitrogens with zero attached hydrogens (tertiary/aromatic N) is 2. The fourth-order valence-corrected chi connectivity index (χ4v) is 4.44. The second-order valence-corrected chi connectivity index (χ2v) is 8.34. The number of hydrogen-bond acceptors (Lipinski definition) is 5. The van der Waals surface area contributed by atoms with Crippen molar-refractivity contribution < 1.29 is 14.0 Å². The third-order valence-corrected chi connectivity index (χ3v) is 6.24. The summed E-state index contributed by atoms with van der Waals surface area (Å²) in [6, 6.07) is 4.32. The molecule has 0 radical (unpaired) electrons. The van der Waals surface area contributed by atoms with Crippen LogP contribution in [0.5, 0.6) is 0 Å². The lowest BCUT2D eigenvalue weighted by atomic mass is 10.0. The van der Waals surface area contributed by atoms with Crippen LogP contribution in [0.4, 0.5) is 5.69 Å². The average molecular weight is 365 g/mol. The molecule has 6 heteroatoms. The van der Waals surface area contributed by atoms with E-state index in [0.29, 0.717) is 13.2 Å². The number of hydrogen-bond donors (Lipinski definition) is 0. The molecular formula is C19H28N2O3S. The predicted molar refractivity (Wildman–Crippen MR) is 103 cm³/mol. The highest BCUT2D eigenvalue weighted by atomic mass is 32.2. The summed E-state index contributed by atoms with van der Waals surface area (Å²) in [4.78, 5) is 2.10. The zero-order valence-electron chi connectivity index (χ0n) is 15.6. The molecular weight excluding hydrogens is 336 g/mol. The first-order chi connectivity index (χ1) is 11.9. The van der Waals surface area contributed by atoms with E-state index in [0.717, 1.165) is 31.5 Å². The maximum absolute atomic E-state index is 12.6. The molecule has 0 bridgehead atoms. The maximum Gasteiger partial charge on any atom is 0.171 e. The van der Waals surface area contributed by atoms with Gasteiger partial charge >= 0.3 is 0 Å². The number of anilines is 1. The topological polar surface area (TPSA) is 48.0 Å². The Hall–Kier alpha value is -1.05. The minimum atomic E-state index is -1.12. The molecule has 1 aromatic rings. The molecule has 138 valence electrons. The lowest BCUT2D eigenvalue weighted by molar-refractivity contribution is -0.179. The van der Waals surface area contributed by atoms with E-state index in [4.69, 9.17) is 9.47 Å². The van der Waals surface area contributed by atoms with Crippen molar-refractivity contribution in [1.82, 2.24) is 4.31 Å². The molecule has 1 spiro atoms. The molecule has 0 aliphatic carbocycles. The van der Waals surface area contributed by atoms with Crippen molar-refractivity contribution in [2.45, 2.75) is 32.5 Å². The summed E-state index contributed by atoms with van der Waals surface area (Å²) in [6.07, 6.45) is 3.55. The molecule has 0 amide bonds. The van der Waals surface area contributed by atoms with Gasteiger partial charge in [0.15, 0.2) is 5.79 Å². The molecule has 5 nitrogen and oxygen atoms in total. The van der Waals surface area contributed by atoms with Gasteiger partial charge in [-0.05, 0) is 48.7 Å². The van der Waals surface area contributed by atoms with Crippen LogP contribution in [-0.2, 0) is 20.8 Å². The van der Waals surface area contributed by atoms with Gasteiger partial charge in [-0.3, -0.25) is 0 Å². The number of ether oxygens (including phenoxy) is 2. The van der Waals surface area contributed by atoms with Crippen LogP contribution < -0.4 is 4.90 Å². The van der Waals surface area contributed by atoms with Crippen molar-refractivity contribution in [1.29, 1.82) is 0 Å². The predicted octanol–water partition coefficient (Wildman–Crippen LogP) is 2.84. The Morgan fingerprint density at radius 1 is 1.12 bits per heavy atom. The zero-order chi connectivity index (χ0) is 18.0. The number of benzene rings is 1. The van der Waals surface area contributed by atoms with E-state index in [-0.39, 0.29) is 0 Å². The Labute approximate surface area is 153 Å². The quantitative estimate of drug-likeness (QED) is 0.769. The highest BCUT2D eigenvalue weighted by Crippen LogP contribution is 2.32. The van der Waals surface area contributed by atoms with Crippen molar-refractivity contribution in [3.05, 3.63) is 34.2 Å². The van der Waals surface area contributed by atoms with Gasteiger partial charge in [-0.15, -0.1) is 4.31 Å². The van der Waals surface area contributed by atoms with E-state index in [1.807, 2.05) is 24.5 Å². The van der Waals surface area contributed by atoms with E-state index in [2.05, 4.69) is 30.9 Å². The summed E-state index contributed by atoms with van der Waals surface area (Å²) in [7, 11) is 4.08. The van der Waals surface area contributed by atoms with Crippen LogP contribution in [0.1, 0.15) is 29.5 Å². The number of aryl methyl sites for hydroxylation is 2. The van der Waals surface area contributed by atoms with Gasteiger partial charge in [-0.25, -0.2) is 0 Å². The van der Waals surface area contributed by atoms with Gasteiger partial charge < -0.3 is 18.9 Å². The second-order valence-electron chi connectivity index (χ2n) is 7.00. The Balaban J connectivity index is 1.64. The fraction of sp³-hybridized carbons (Fsp3) is 0.579. The van der Waals surface area contributed by atoms with Crippen LogP contribution in [0.3, 0.4) is 0 Å². The van der Waals surface area contributed by atoms with Crippen molar-refractivity contribution >= 4 is 23.1 Å². The summed E-state index contributed by atoms with van der Waals surface area (Å²) < 4.78 is 26.1. The van der Waals surface area contributed by atoms with Crippen molar-refractivity contribution in [2.24, 2.45) is 0 Å². The lowest BCUT2D eigenvalue weighted by Crippen LogP contribution is -2.46. The van der Waals surface area contributed by atoms with Gasteiger partial charge in [0.05, 0.1) is 24.6 Å². The zero-order valence-corrected chi connectivity index (χ0v) is 16.4. The van der Waals surface area contributed by atoms with Crippen LogP contribution in [-0.4, -0.2) is 55.0 Å². The normalized spacial score (nSPS) is 22.0. The first-order valence-electron chi connectivity index (χ1n) is 8.80. The molecule has 3 rings (SSSR count). The highest BCUT2D eigenvalue weighted by molar-refractivity contribution is 7.92. The molecule has 0 N–H and O–H groups in total. The fourth-order valence-electron chi connectivity index (χ4n) is 3.48. The molecule has 0 saturated carbocycles. The largest absolute Gasteiger partial charge is 0.593 e. The average Bonchev–Trinajstić information content (AvgIpc) is 3.02. The summed E-state index contributed by atoms with van der Waals surface area (Å²) in [5.41, 5.74) is 4.73. The third-order valence-electron chi connectivity index (χ3n) is 5.00. The monoisotopic (exact) mass is 364 g/mol. The van der Waals surface area contributed by atoms with Crippen molar-refractivity contribution in [3.63, 3.8) is 0 Å². The van der Waals surface area contributed by atoms with Gasteiger partial charge in [-0.2, -0.15) is 0 Å². The molecule has 1 atom stereocenters. The molecule has 2 aliphatic rings. The Morgan fingerprint density at radius 3 is 2.20 bits per heavy atom. The SMILES string of the molecule is Cc1cc(N(C)C)cc(C)c1/C=C/[S+]([O-])N1CCC2(CC1)OCCO2. The first-order valence-corrected chi connectivity index (χ1v) is 9.97. The van der Waals surface area contributed by atoms with Gasteiger partial charge in [0.2, 0.25) is 0 Å². The van der Waals surface area contributed by atoms with Crippen molar-refractivity contribution in [2.75, 3.05) is 45.3 Å². The smallest absolute Gasteiger partial charge is 0.171 e. The third kappa shape index (κ3) is 4.20. The number of rotatable bonds is 4. The standard InChI is InChI=1S/C19H28N2O3S/c1-15-13-17(20(3)4)14-16(2)18(15)5-12-25(22)21-8-6-19(7-9-21)23-10-11-24-19/h5,12-14H,6-11H2,1-4H3/b12-5+. The second kappa shape index (κ2) is 7.68. The minimum absolute atomic E-state index is 0.417. The van der Waals surface area contributed by atoms with Crippen LogP contribution in [0, 0.1) is 13.8 Å². The van der Waals surface area contributed by atoms with Crippen LogP contribution in [0.2, 0.25) is 0 Å². The summed E-state index contributed by atoms with van der Waals surface area (Å²) >= 11 is -1.12. The molecule has 25 heavy (non-hydrogen) atoms. The van der Waals surface area contributed by atoms with Gasteiger partial charge in [0, 0.05) is 45.7 Å². The van der Waals surface area contributed by atoms with Crippen molar-refractivity contribution in [3.8, 4) is 0 Å². The minimum Gasteiger partial charge on any atom is -0.593 e. The highest BCUT2D eigenvalue weighted by Gasteiger charge is 2.42. The lowest BCUT2D eigenvalue weighted by Gasteiger charge is -2.36. The molecule has 2 saturated heterocycles. The molecule has 2 heterocycles. The van der Waals surface area contributed by atoms with E-state index < -0.39 is 17.1 Å². The summed E-state index contributed by atoms with van der Waals surface area (Å²) in [5, 5.41) is 1.80. The molecule has 2 aliphatic heterocycles. The maximum atomic E-state index is 12.6. The van der Waals surface area contributed by atoms with E-state index in [1.54, 1.807) is 5.41 Å². The van der Waals surface area contributed by atoms with E-state index >= 15 is 0 Å². The molecule has 0 aromatic heterocycles. The number of piperidine rings is 1. The Bertz CT molecular complexity index is 609. The summed E-state index contributed by atoms with van der Waals surface area (Å²) in [5.74, 6) is -0.417. The van der Waals surface area contributed by atoms with Gasteiger partial charge in [-0.1, -0.05) is 0 Å². The molecule has 2 fully saturated rings. The van der Waals surface area contributed by atoms with Crippen LogP contribution >= 0.6 is 0 Å². The van der Waals surface area contributed by atoms with Crippen LogP contribution in [0.15, 0.2) is 17.5 Å². The molecule has 1 aromatic carbocycles. The summed E-state index contributed by atoms with van der Waals surface area (Å²) in [6.45, 7) is 7.00. The Kier molecular flexibility index (Phi) is 5.75. The van der Waals surface area contributed by atoms with Gasteiger partial charge in [0.1, 0.15) is 5.41 Å².